The van der Waals surface area contributed by atoms with Gasteiger partial charge < -0.3 is 9.80 Å². The third-order valence-electron chi connectivity index (χ3n) is 5.60. The molecule has 1 aliphatic rings. The maximum absolute atomic E-state index is 14.1. The van der Waals surface area contributed by atoms with Crippen LogP contribution in [0.5, 0.6) is 0 Å². The number of hydrogen-bond donors (Lipinski definition) is 0. The van der Waals surface area contributed by atoms with Crippen LogP contribution in [0.4, 0.5) is 14.5 Å². The van der Waals surface area contributed by atoms with Gasteiger partial charge in [0.05, 0.1) is 5.69 Å². The SMILES string of the molecule is CN(C)CCCCCC(=O)N1CCCC(c2ccc(F)cc2)c2ccc(F)cc21. The molecule has 0 N–H and O–H groups in total. The molecule has 0 bridgehead atoms. The van der Waals surface area contributed by atoms with E-state index >= 15 is 0 Å². The fourth-order valence-electron chi connectivity index (χ4n) is 4.09. The molecule has 29 heavy (non-hydrogen) atoms. The van der Waals surface area contributed by atoms with Gasteiger partial charge in [-0.05, 0) is 81.7 Å². The second-order valence-electron chi connectivity index (χ2n) is 8.11. The smallest absolute Gasteiger partial charge is 0.226 e. The van der Waals surface area contributed by atoms with Crippen LogP contribution in [0.25, 0.3) is 0 Å². The average Bonchev–Trinajstić information content (AvgIpc) is 2.87. The molecular weight excluding hydrogens is 370 g/mol. The van der Waals surface area contributed by atoms with Crippen molar-refractivity contribution >= 4 is 11.6 Å². The largest absolute Gasteiger partial charge is 0.312 e. The van der Waals surface area contributed by atoms with E-state index in [1.54, 1.807) is 23.1 Å². The first-order chi connectivity index (χ1) is 14.0. The van der Waals surface area contributed by atoms with E-state index in [0.29, 0.717) is 18.7 Å². The Labute approximate surface area is 172 Å². The lowest BCUT2D eigenvalue weighted by Crippen LogP contribution is -2.31. The summed E-state index contributed by atoms with van der Waals surface area (Å²) in [5.74, 6) is -0.523. The summed E-state index contributed by atoms with van der Waals surface area (Å²) < 4.78 is 27.4. The highest BCUT2D eigenvalue weighted by atomic mass is 19.1. The lowest BCUT2D eigenvalue weighted by Gasteiger charge is -2.24. The molecule has 156 valence electrons. The van der Waals surface area contributed by atoms with E-state index in [1.165, 1.54) is 24.3 Å². The van der Waals surface area contributed by atoms with Crippen molar-refractivity contribution < 1.29 is 13.6 Å². The van der Waals surface area contributed by atoms with Crippen molar-refractivity contribution in [2.45, 2.75) is 44.4 Å². The summed E-state index contributed by atoms with van der Waals surface area (Å²) in [5.41, 5.74) is 2.60. The van der Waals surface area contributed by atoms with Crippen LogP contribution in [0.2, 0.25) is 0 Å². The number of amides is 1. The van der Waals surface area contributed by atoms with Gasteiger partial charge in [0, 0.05) is 18.9 Å². The minimum Gasteiger partial charge on any atom is -0.312 e. The summed E-state index contributed by atoms with van der Waals surface area (Å²) >= 11 is 0. The third kappa shape index (κ3) is 5.63. The number of carbonyl (C=O) groups excluding carboxylic acids is 1. The normalized spacial score (nSPS) is 16.6. The Morgan fingerprint density at radius 1 is 1.03 bits per heavy atom. The third-order valence-corrected chi connectivity index (χ3v) is 5.60. The molecule has 1 amide bonds. The molecule has 3 rings (SSSR count). The van der Waals surface area contributed by atoms with Crippen molar-refractivity contribution in [2.75, 3.05) is 32.1 Å². The van der Waals surface area contributed by atoms with Gasteiger partial charge >= 0.3 is 0 Å². The topological polar surface area (TPSA) is 23.6 Å². The van der Waals surface area contributed by atoms with Crippen LogP contribution in [0, 0.1) is 11.6 Å². The summed E-state index contributed by atoms with van der Waals surface area (Å²) in [6.07, 6.45) is 5.06. The first-order valence-corrected chi connectivity index (χ1v) is 10.5. The minimum atomic E-state index is -0.340. The van der Waals surface area contributed by atoms with E-state index in [-0.39, 0.29) is 23.5 Å². The van der Waals surface area contributed by atoms with Gasteiger partial charge in [-0.15, -0.1) is 0 Å². The maximum atomic E-state index is 14.1. The van der Waals surface area contributed by atoms with Gasteiger partial charge in [0.25, 0.3) is 0 Å². The predicted octanol–water partition coefficient (Wildman–Crippen LogP) is 5.35. The molecule has 1 atom stereocenters. The van der Waals surface area contributed by atoms with Gasteiger partial charge in [-0.1, -0.05) is 24.6 Å². The fourth-order valence-corrected chi connectivity index (χ4v) is 4.09. The van der Waals surface area contributed by atoms with Crippen molar-refractivity contribution in [3.63, 3.8) is 0 Å². The van der Waals surface area contributed by atoms with Crippen molar-refractivity contribution in [1.82, 2.24) is 4.90 Å². The molecule has 1 unspecified atom stereocenters. The zero-order chi connectivity index (χ0) is 20.8. The zero-order valence-electron chi connectivity index (χ0n) is 17.3. The molecular formula is C24H30F2N2O. The van der Waals surface area contributed by atoms with Crippen LogP contribution >= 0.6 is 0 Å². The lowest BCUT2D eigenvalue weighted by atomic mass is 9.87. The number of nitrogens with zero attached hydrogens (tertiary/aromatic N) is 2. The molecule has 1 heterocycles. The number of hydrogen-bond acceptors (Lipinski definition) is 2. The maximum Gasteiger partial charge on any atom is 0.226 e. The molecule has 2 aromatic carbocycles. The van der Waals surface area contributed by atoms with Gasteiger partial charge in [0.1, 0.15) is 11.6 Å². The van der Waals surface area contributed by atoms with Gasteiger partial charge in [0.15, 0.2) is 0 Å². The Hall–Kier alpha value is -2.27. The minimum absolute atomic E-state index is 0.0316. The van der Waals surface area contributed by atoms with Crippen LogP contribution in [0.1, 0.15) is 55.6 Å². The summed E-state index contributed by atoms with van der Waals surface area (Å²) in [7, 11) is 4.09. The van der Waals surface area contributed by atoms with Crippen molar-refractivity contribution in [3.05, 3.63) is 65.2 Å². The summed E-state index contributed by atoms with van der Waals surface area (Å²) in [6, 6.07) is 11.2. The van der Waals surface area contributed by atoms with Crippen molar-refractivity contribution in [2.24, 2.45) is 0 Å². The summed E-state index contributed by atoms with van der Waals surface area (Å²) in [5, 5.41) is 0. The van der Waals surface area contributed by atoms with E-state index in [0.717, 1.165) is 49.8 Å². The number of benzene rings is 2. The number of halogens is 2. The van der Waals surface area contributed by atoms with Crippen LogP contribution in [-0.2, 0) is 4.79 Å². The van der Waals surface area contributed by atoms with Crippen molar-refractivity contribution in [3.8, 4) is 0 Å². The first kappa shape index (κ1) is 21.4. The number of fused-ring (bicyclic) bond motifs is 1. The highest BCUT2D eigenvalue weighted by Gasteiger charge is 2.27. The Bertz CT molecular complexity index is 820. The standard InChI is InChI=1S/C24H30F2N2O/c1-27(2)15-5-3-4-8-24(29)28-16-6-7-21(18-9-11-19(25)12-10-18)22-14-13-20(26)17-23(22)28/h9-14,17,21H,3-8,15-16H2,1-2H3. The molecule has 0 fully saturated rings. The molecule has 0 saturated carbocycles. The number of anilines is 1. The van der Waals surface area contributed by atoms with Crippen LogP contribution in [-0.4, -0.2) is 38.0 Å². The number of unbranched alkanes of at least 4 members (excludes halogenated alkanes) is 2. The molecule has 2 aromatic rings. The average molecular weight is 401 g/mol. The van der Waals surface area contributed by atoms with Gasteiger partial charge in [-0.25, -0.2) is 8.78 Å². The van der Waals surface area contributed by atoms with Crippen LogP contribution in [0.3, 0.4) is 0 Å². The Morgan fingerprint density at radius 3 is 2.48 bits per heavy atom. The Kier molecular flexibility index (Phi) is 7.37. The number of carbonyl (C=O) groups is 1. The molecule has 0 aliphatic carbocycles. The van der Waals surface area contributed by atoms with Crippen LogP contribution in [0.15, 0.2) is 42.5 Å². The number of rotatable bonds is 7. The molecule has 1 aliphatic heterocycles. The Morgan fingerprint density at radius 2 is 1.76 bits per heavy atom. The van der Waals surface area contributed by atoms with Crippen LogP contribution < -0.4 is 4.90 Å². The Balaban J connectivity index is 1.78. The fraction of sp³-hybridized carbons (Fsp3) is 0.458. The molecule has 0 aromatic heterocycles. The molecule has 3 nitrogen and oxygen atoms in total. The summed E-state index contributed by atoms with van der Waals surface area (Å²) in [6.45, 7) is 1.61. The van der Waals surface area contributed by atoms with Gasteiger partial charge in [-0.3, -0.25) is 4.79 Å². The predicted molar refractivity (Wildman–Crippen MR) is 113 cm³/mol. The first-order valence-electron chi connectivity index (χ1n) is 10.5. The molecule has 0 spiro atoms. The van der Waals surface area contributed by atoms with E-state index < -0.39 is 0 Å². The van der Waals surface area contributed by atoms with E-state index in [9.17, 15) is 13.6 Å². The highest BCUT2D eigenvalue weighted by molar-refractivity contribution is 5.94. The monoisotopic (exact) mass is 400 g/mol. The second-order valence-corrected chi connectivity index (χ2v) is 8.11. The van der Waals surface area contributed by atoms with Gasteiger partial charge in [-0.2, -0.15) is 0 Å². The van der Waals surface area contributed by atoms with E-state index in [1.807, 2.05) is 14.1 Å². The quantitative estimate of drug-likeness (QED) is 0.585. The lowest BCUT2D eigenvalue weighted by molar-refractivity contribution is -0.118. The second kappa shape index (κ2) is 9.97. The zero-order valence-corrected chi connectivity index (χ0v) is 17.3. The van der Waals surface area contributed by atoms with Gasteiger partial charge in [0.2, 0.25) is 5.91 Å². The highest BCUT2D eigenvalue weighted by Crippen LogP contribution is 2.39. The van der Waals surface area contributed by atoms with E-state index in [2.05, 4.69) is 4.90 Å². The summed E-state index contributed by atoms with van der Waals surface area (Å²) in [4.78, 5) is 16.9. The van der Waals surface area contributed by atoms with E-state index in [4.69, 9.17) is 0 Å². The molecule has 0 saturated heterocycles. The molecule has 0 radical (unpaired) electrons. The molecule has 5 heteroatoms. The van der Waals surface area contributed by atoms with Crippen molar-refractivity contribution in [1.29, 1.82) is 0 Å².